The number of methoxy groups -OCH3 is 1. The normalized spacial score (nSPS) is 21.7. The van der Waals surface area contributed by atoms with Crippen molar-refractivity contribution < 1.29 is 14.3 Å². The highest BCUT2D eigenvalue weighted by atomic mass is 16.5. The first kappa shape index (κ1) is 15.0. The van der Waals surface area contributed by atoms with Crippen LogP contribution in [-0.4, -0.2) is 52.8 Å². The minimum atomic E-state index is -0.458. The van der Waals surface area contributed by atoms with Crippen molar-refractivity contribution in [3.05, 3.63) is 18.0 Å². The quantitative estimate of drug-likeness (QED) is 0.877. The lowest BCUT2D eigenvalue weighted by molar-refractivity contribution is -0.139. The van der Waals surface area contributed by atoms with E-state index in [0.29, 0.717) is 13.1 Å². The average Bonchev–Trinajstić information content (AvgIpc) is 3.16. The molecule has 7 nitrogen and oxygen atoms in total. The molecular formula is C15H22N4O3. The highest BCUT2D eigenvalue weighted by Crippen LogP contribution is 2.23. The monoisotopic (exact) mass is 306 g/mol. The fourth-order valence-electron chi connectivity index (χ4n) is 3.26. The Balaban J connectivity index is 1.74. The minimum absolute atomic E-state index is 0.0328. The molecule has 1 N–H and O–H groups in total. The van der Waals surface area contributed by atoms with Crippen LogP contribution in [0.15, 0.2) is 12.3 Å². The first-order chi connectivity index (χ1) is 10.7. The fraction of sp³-hybridized carbons (Fsp3) is 0.667. The molecule has 1 unspecified atom stereocenters. The van der Waals surface area contributed by atoms with Crippen LogP contribution in [0.4, 0.5) is 0 Å². The molecule has 0 spiro atoms. The number of hydrogen-bond acceptors (Lipinski definition) is 4. The van der Waals surface area contributed by atoms with Gasteiger partial charge in [0, 0.05) is 19.3 Å². The summed E-state index contributed by atoms with van der Waals surface area (Å²) in [5.74, 6) is -0.152. The smallest absolute Gasteiger partial charge is 0.248 e. The van der Waals surface area contributed by atoms with Crippen molar-refractivity contribution in [1.82, 2.24) is 20.0 Å². The Morgan fingerprint density at radius 1 is 1.41 bits per heavy atom. The Hall–Kier alpha value is -1.89. The Morgan fingerprint density at radius 2 is 2.18 bits per heavy atom. The van der Waals surface area contributed by atoms with Gasteiger partial charge in [0.1, 0.15) is 12.6 Å². The summed E-state index contributed by atoms with van der Waals surface area (Å²) in [4.78, 5) is 26.3. The van der Waals surface area contributed by atoms with Crippen LogP contribution in [0, 0.1) is 0 Å². The van der Waals surface area contributed by atoms with Crippen molar-refractivity contribution in [1.29, 1.82) is 0 Å². The van der Waals surface area contributed by atoms with Gasteiger partial charge in [-0.2, -0.15) is 5.10 Å². The number of carbonyl (C=O) groups is 2. The maximum atomic E-state index is 12.6. The lowest BCUT2D eigenvalue weighted by Crippen LogP contribution is -2.49. The minimum Gasteiger partial charge on any atom is -0.375 e. The lowest BCUT2D eigenvalue weighted by atomic mass is 10.1. The summed E-state index contributed by atoms with van der Waals surface area (Å²) in [6, 6.07) is 1.65. The maximum Gasteiger partial charge on any atom is 0.248 e. The van der Waals surface area contributed by atoms with Crippen LogP contribution in [0.25, 0.3) is 0 Å². The number of nitrogens with one attached hydrogen (secondary N) is 1. The Kier molecular flexibility index (Phi) is 4.42. The average molecular weight is 306 g/mol. The van der Waals surface area contributed by atoms with Crippen LogP contribution in [0.3, 0.4) is 0 Å². The third kappa shape index (κ3) is 2.99. The van der Waals surface area contributed by atoms with E-state index in [1.807, 2.05) is 6.07 Å². The van der Waals surface area contributed by atoms with Crippen LogP contribution in [0.2, 0.25) is 0 Å². The molecule has 1 saturated carbocycles. The zero-order valence-electron chi connectivity index (χ0n) is 12.8. The highest BCUT2D eigenvalue weighted by Gasteiger charge is 2.34. The zero-order valence-corrected chi connectivity index (χ0v) is 12.8. The number of carbonyl (C=O) groups excluding carboxylic acids is 2. The Labute approximate surface area is 129 Å². The van der Waals surface area contributed by atoms with Crippen molar-refractivity contribution in [2.75, 3.05) is 20.3 Å². The van der Waals surface area contributed by atoms with Crippen LogP contribution in [0.1, 0.15) is 37.4 Å². The number of rotatable bonds is 4. The van der Waals surface area contributed by atoms with E-state index in [1.54, 1.807) is 15.8 Å². The molecule has 0 aromatic carbocycles. The topological polar surface area (TPSA) is 76.5 Å². The number of fused-ring (bicyclic) bond motifs is 1. The van der Waals surface area contributed by atoms with Gasteiger partial charge in [-0.3, -0.25) is 14.3 Å². The van der Waals surface area contributed by atoms with Crippen LogP contribution in [-0.2, 0) is 20.9 Å². The van der Waals surface area contributed by atoms with E-state index in [1.165, 1.54) is 20.0 Å². The third-order valence-corrected chi connectivity index (χ3v) is 4.42. The van der Waals surface area contributed by atoms with Gasteiger partial charge in [0.15, 0.2) is 0 Å². The van der Waals surface area contributed by atoms with E-state index in [4.69, 9.17) is 4.74 Å². The molecular weight excluding hydrogens is 284 g/mol. The molecule has 1 aromatic rings. The molecule has 1 fully saturated rings. The van der Waals surface area contributed by atoms with Gasteiger partial charge < -0.3 is 15.0 Å². The van der Waals surface area contributed by atoms with Crippen molar-refractivity contribution in [3.8, 4) is 0 Å². The molecule has 2 heterocycles. The van der Waals surface area contributed by atoms with Gasteiger partial charge in [0.25, 0.3) is 0 Å². The van der Waals surface area contributed by atoms with E-state index in [-0.39, 0.29) is 24.5 Å². The predicted molar refractivity (Wildman–Crippen MR) is 79.0 cm³/mol. The maximum absolute atomic E-state index is 12.6. The summed E-state index contributed by atoms with van der Waals surface area (Å²) in [6.45, 7) is 0.843. The molecule has 2 amide bonds. The molecule has 1 atom stereocenters. The van der Waals surface area contributed by atoms with E-state index in [2.05, 4.69) is 10.4 Å². The van der Waals surface area contributed by atoms with Gasteiger partial charge in [0.05, 0.1) is 18.8 Å². The zero-order chi connectivity index (χ0) is 15.5. The molecule has 1 aromatic heterocycles. The molecule has 1 aliphatic heterocycles. The number of amides is 2. The molecule has 0 bridgehead atoms. The van der Waals surface area contributed by atoms with Crippen LogP contribution in [0.5, 0.6) is 0 Å². The summed E-state index contributed by atoms with van der Waals surface area (Å²) < 4.78 is 6.65. The van der Waals surface area contributed by atoms with Gasteiger partial charge >= 0.3 is 0 Å². The lowest BCUT2D eigenvalue weighted by Gasteiger charge is -2.33. The number of aromatic nitrogens is 2. The Morgan fingerprint density at radius 3 is 2.91 bits per heavy atom. The van der Waals surface area contributed by atoms with Crippen molar-refractivity contribution in [3.63, 3.8) is 0 Å². The molecule has 0 saturated heterocycles. The number of hydrogen-bond donors (Lipinski definition) is 1. The molecule has 3 rings (SSSR count). The van der Waals surface area contributed by atoms with E-state index >= 15 is 0 Å². The van der Waals surface area contributed by atoms with Gasteiger partial charge in [-0.15, -0.1) is 0 Å². The molecule has 120 valence electrons. The van der Waals surface area contributed by atoms with Crippen molar-refractivity contribution >= 4 is 11.8 Å². The predicted octanol–water partition coefficient (Wildman–Crippen LogP) is 0.472. The van der Waals surface area contributed by atoms with Crippen LogP contribution < -0.4 is 5.32 Å². The summed E-state index contributed by atoms with van der Waals surface area (Å²) >= 11 is 0. The van der Waals surface area contributed by atoms with E-state index in [0.717, 1.165) is 18.5 Å². The van der Waals surface area contributed by atoms with Gasteiger partial charge in [-0.1, -0.05) is 12.8 Å². The number of nitrogens with zero attached hydrogens (tertiary/aromatic N) is 3. The summed E-state index contributed by atoms with van der Waals surface area (Å²) in [5, 5.41) is 7.36. The Bertz CT molecular complexity index is 551. The molecule has 7 heteroatoms. The van der Waals surface area contributed by atoms with Crippen LogP contribution >= 0.6 is 0 Å². The SMILES string of the molecule is COCC(=O)N1Cc2ccnn2C(C(=O)NC2CCCC2)C1. The summed E-state index contributed by atoms with van der Waals surface area (Å²) in [6.07, 6.45) is 6.09. The summed E-state index contributed by atoms with van der Waals surface area (Å²) in [7, 11) is 1.50. The van der Waals surface area contributed by atoms with E-state index in [9.17, 15) is 9.59 Å². The molecule has 0 radical (unpaired) electrons. The van der Waals surface area contributed by atoms with Gasteiger partial charge in [0.2, 0.25) is 11.8 Å². The van der Waals surface area contributed by atoms with Crippen molar-refractivity contribution in [2.24, 2.45) is 0 Å². The number of ether oxygens (including phenoxy) is 1. The highest BCUT2D eigenvalue weighted by molar-refractivity contribution is 5.83. The second-order valence-electron chi connectivity index (χ2n) is 5.98. The molecule has 2 aliphatic rings. The second kappa shape index (κ2) is 6.48. The van der Waals surface area contributed by atoms with E-state index < -0.39 is 6.04 Å². The first-order valence-corrected chi connectivity index (χ1v) is 7.78. The second-order valence-corrected chi connectivity index (χ2v) is 5.98. The molecule has 1 aliphatic carbocycles. The summed E-state index contributed by atoms with van der Waals surface area (Å²) in [5.41, 5.74) is 0.877. The third-order valence-electron chi connectivity index (χ3n) is 4.42. The van der Waals surface area contributed by atoms with Crippen molar-refractivity contribution in [2.45, 2.75) is 44.3 Å². The van der Waals surface area contributed by atoms with Gasteiger partial charge in [-0.25, -0.2) is 0 Å². The van der Waals surface area contributed by atoms with Gasteiger partial charge in [-0.05, 0) is 18.9 Å². The molecule has 22 heavy (non-hydrogen) atoms. The fourth-order valence-corrected chi connectivity index (χ4v) is 3.26. The first-order valence-electron chi connectivity index (χ1n) is 7.78. The largest absolute Gasteiger partial charge is 0.375 e. The standard InChI is InChI=1S/C15H22N4O3/c1-22-10-14(20)18-8-12-6-7-16-19(12)13(9-18)15(21)17-11-4-2-3-5-11/h6-7,11,13H,2-5,8-10H2,1H3,(H,17,21).